The zero-order chi connectivity index (χ0) is 21.0. The van der Waals surface area contributed by atoms with E-state index in [4.69, 9.17) is 9.47 Å². The van der Waals surface area contributed by atoms with Gasteiger partial charge in [-0.05, 0) is 23.8 Å². The maximum Gasteiger partial charge on any atom is 0.230 e. The number of carbonyl (C=O) groups excluding carboxylic acids is 2. The van der Waals surface area contributed by atoms with Crippen LogP contribution in [0.15, 0.2) is 67.0 Å². The zero-order valence-corrected chi connectivity index (χ0v) is 17.0. The lowest BCUT2D eigenvalue weighted by Crippen LogP contribution is -2.59. The lowest BCUT2D eigenvalue weighted by molar-refractivity contribution is -0.150. The van der Waals surface area contributed by atoms with Gasteiger partial charge < -0.3 is 19.3 Å². The lowest BCUT2D eigenvalue weighted by Gasteiger charge is -2.41. The first-order valence-corrected chi connectivity index (χ1v) is 10.7. The highest BCUT2D eigenvalue weighted by atomic mass is 16.5. The van der Waals surface area contributed by atoms with E-state index < -0.39 is 17.4 Å². The SMILES string of the molecule is O=C([C@H]1[C@@H]2C=C[C@@]3(CN(Cc4cccnc4)C(=O)[C@H]13)O2)N1CC(Oc2ccccc2)C1. The number of nitrogens with zero attached hydrogens (tertiary/aromatic N) is 3. The van der Waals surface area contributed by atoms with Crippen molar-refractivity contribution in [2.75, 3.05) is 19.6 Å². The molecule has 3 saturated heterocycles. The van der Waals surface area contributed by atoms with Crippen LogP contribution in [-0.4, -0.2) is 64.0 Å². The van der Waals surface area contributed by atoms with Crippen LogP contribution in [0.1, 0.15) is 5.56 Å². The second-order valence-corrected chi connectivity index (χ2v) is 8.75. The number of likely N-dealkylation sites (tertiary alicyclic amines) is 2. The summed E-state index contributed by atoms with van der Waals surface area (Å²) in [6.45, 7) is 2.02. The largest absolute Gasteiger partial charge is 0.487 e. The van der Waals surface area contributed by atoms with E-state index in [1.165, 1.54) is 0 Å². The summed E-state index contributed by atoms with van der Waals surface area (Å²) in [6, 6.07) is 13.4. The first-order chi connectivity index (χ1) is 15.1. The van der Waals surface area contributed by atoms with Gasteiger partial charge in [-0.1, -0.05) is 36.4 Å². The second kappa shape index (κ2) is 6.92. The standard InChI is InChI=1S/C24H23N3O4/c28-22(26-13-18(14-26)30-17-6-2-1-3-7-17)20-19-8-9-24(31-19)15-27(23(29)21(20)24)12-16-5-4-10-25-11-16/h1-11,18-21H,12-15H2/t19-,20-,21-,24-/m0/s1. The van der Waals surface area contributed by atoms with Crippen LogP contribution >= 0.6 is 0 Å². The van der Waals surface area contributed by atoms with Gasteiger partial charge in [-0.2, -0.15) is 0 Å². The highest BCUT2D eigenvalue weighted by Gasteiger charge is 2.67. The summed E-state index contributed by atoms with van der Waals surface area (Å²) in [5.41, 5.74) is 0.284. The van der Waals surface area contributed by atoms with Gasteiger partial charge in [0.2, 0.25) is 11.8 Å². The van der Waals surface area contributed by atoms with Crippen LogP contribution < -0.4 is 4.74 Å². The van der Waals surface area contributed by atoms with Crippen molar-refractivity contribution in [3.63, 3.8) is 0 Å². The molecule has 0 aliphatic carbocycles. The Morgan fingerprint density at radius 2 is 2.03 bits per heavy atom. The molecular weight excluding hydrogens is 394 g/mol. The summed E-state index contributed by atoms with van der Waals surface area (Å²) < 4.78 is 12.2. The molecule has 7 nitrogen and oxygen atoms in total. The van der Waals surface area contributed by atoms with Gasteiger partial charge in [0.05, 0.1) is 37.6 Å². The number of carbonyl (C=O) groups is 2. The molecule has 2 bridgehead atoms. The molecule has 6 rings (SSSR count). The maximum absolute atomic E-state index is 13.3. The molecule has 3 fully saturated rings. The molecule has 4 aliphatic rings. The van der Waals surface area contributed by atoms with Crippen LogP contribution in [0.25, 0.3) is 0 Å². The summed E-state index contributed by atoms with van der Waals surface area (Å²) >= 11 is 0. The van der Waals surface area contributed by atoms with Crippen LogP contribution in [0, 0.1) is 11.8 Å². The van der Waals surface area contributed by atoms with E-state index in [0.717, 1.165) is 11.3 Å². The van der Waals surface area contributed by atoms with Gasteiger partial charge in [-0.15, -0.1) is 0 Å². The molecule has 2 amide bonds. The van der Waals surface area contributed by atoms with Gasteiger partial charge in [0.1, 0.15) is 17.5 Å². The average molecular weight is 417 g/mol. The van der Waals surface area contributed by atoms with Crippen molar-refractivity contribution in [1.82, 2.24) is 14.8 Å². The molecule has 31 heavy (non-hydrogen) atoms. The van der Waals surface area contributed by atoms with Crippen LogP contribution in [0.3, 0.4) is 0 Å². The third-order valence-corrected chi connectivity index (χ3v) is 6.77. The van der Waals surface area contributed by atoms with E-state index >= 15 is 0 Å². The van der Waals surface area contributed by atoms with E-state index in [1.54, 1.807) is 22.2 Å². The Hall–Kier alpha value is -3.19. The Morgan fingerprint density at radius 1 is 1.19 bits per heavy atom. The predicted octanol–water partition coefficient (Wildman–Crippen LogP) is 1.65. The van der Waals surface area contributed by atoms with Gasteiger partial charge in [-0.3, -0.25) is 14.6 Å². The summed E-state index contributed by atoms with van der Waals surface area (Å²) in [5.74, 6) is -0.131. The average Bonchev–Trinajstić information content (AvgIpc) is 3.40. The third kappa shape index (κ3) is 2.95. The Morgan fingerprint density at radius 3 is 2.81 bits per heavy atom. The molecule has 5 heterocycles. The van der Waals surface area contributed by atoms with Crippen LogP contribution in [-0.2, 0) is 20.9 Å². The number of fused-ring (bicyclic) bond motifs is 1. The third-order valence-electron chi connectivity index (χ3n) is 6.77. The van der Waals surface area contributed by atoms with E-state index in [0.29, 0.717) is 26.2 Å². The quantitative estimate of drug-likeness (QED) is 0.692. The molecule has 2 aromatic rings. The van der Waals surface area contributed by atoms with Crippen molar-refractivity contribution in [3.05, 3.63) is 72.6 Å². The normalized spacial score (nSPS) is 31.1. The minimum Gasteiger partial charge on any atom is -0.487 e. The first kappa shape index (κ1) is 18.6. The molecule has 7 heteroatoms. The number of hydrogen-bond donors (Lipinski definition) is 0. The second-order valence-electron chi connectivity index (χ2n) is 8.75. The molecule has 0 radical (unpaired) electrons. The summed E-state index contributed by atoms with van der Waals surface area (Å²) in [7, 11) is 0. The topological polar surface area (TPSA) is 72.0 Å². The molecule has 4 atom stereocenters. The van der Waals surface area contributed by atoms with Crippen LogP contribution in [0.5, 0.6) is 5.75 Å². The number of para-hydroxylation sites is 1. The number of pyridine rings is 1. The number of aromatic nitrogens is 1. The molecular formula is C24H23N3O4. The number of rotatable bonds is 5. The van der Waals surface area contributed by atoms with E-state index in [2.05, 4.69) is 4.98 Å². The Labute approximate surface area is 180 Å². The fraction of sp³-hybridized carbons (Fsp3) is 0.375. The first-order valence-electron chi connectivity index (χ1n) is 10.7. The zero-order valence-electron chi connectivity index (χ0n) is 17.0. The van der Waals surface area contributed by atoms with Gasteiger partial charge in [0, 0.05) is 18.9 Å². The van der Waals surface area contributed by atoms with Crippen molar-refractivity contribution in [1.29, 1.82) is 0 Å². The van der Waals surface area contributed by atoms with Gasteiger partial charge in [0.15, 0.2) is 0 Å². The van der Waals surface area contributed by atoms with E-state index in [9.17, 15) is 9.59 Å². The van der Waals surface area contributed by atoms with Gasteiger partial charge >= 0.3 is 0 Å². The summed E-state index contributed by atoms with van der Waals surface area (Å²) in [4.78, 5) is 34.4. The molecule has 1 aromatic carbocycles. The molecule has 158 valence electrons. The Kier molecular flexibility index (Phi) is 4.14. The number of amides is 2. The molecule has 0 N–H and O–H groups in total. The molecule has 1 aromatic heterocycles. The minimum atomic E-state index is -0.685. The van der Waals surface area contributed by atoms with E-state index in [1.807, 2.05) is 54.6 Å². The van der Waals surface area contributed by atoms with Crippen molar-refractivity contribution < 1.29 is 19.1 Å². The molecule has 4 aliphatic heterocycles. The highest BCUT2D eigenvalue weighted by Crippen LogP contribution is 2.52. The van der Waals surface area contributed by atoms with Crippen LogP contribution in [0.2, 0.25) is 0 Å². The lowest BCUT2D eigenvalue weighted by atomic mass is 9.76. The van der Waals surface area contributed by atoms with Crippen molar-refractivity contribution >= 4 is 11.8 Å². The maximum atomic E-state index is 13.3. The highest BCUT2D eigenvalue weighted by molar-refractivity contribution is 5.93. The number of hydrogen-bond acceptors (Lipinski definition) is 5. The summed E-state index contributed by atoms with van der Waals surface area (Å²) in [5, 5.41) is 0. The molecule has 1 spiro atoms. The van der Waals surface area contributed by atoms with Crippen molar-refractivity contribution in [3.8, 4) is 5.75 Å². The van der Waals surface area contributed by atoms with Gasteiger partial charge in [-0.25, -0.2) is 0 Å². The molecule has 0 unspecified atom stereocenters. The van der Waals surface area contributed by atoms with E-state index in [-0.39, 0.29) is 24.0 Å². The molecule has 0 saturated carbocycles. The fourth-order valence-corrected chi connectivity index (χ4v) is 5.30. The van der Waals surface area contributed by atoms with Crippen molar-refractivity contribution in [2.24, 2.45) is 11.8 Å². The minimum absolute atomic E-state index is 0.00772. The number of benzene rings is 1. The predicted molar refractivity (Wildman–Crippen MR) is 111 cm³/mol. The Balaban J connectivity index is 1.15. The fourth-order valence-electron chi connectivity index (χ4n) is 5.30. The number of ether oxygens (including phenoxy) is 2. The monoisotopic (exact) mass is 417 g/mol. The van der Waals surface area contributed by atoms with Crippen LogP contribution in [0.4, 0.5) is 0 Å². The van der Waals surface area contributed by atoms with Gasteiger partial charge in [0.25, 0.3) is 0 Å². The van der Waals surface area contributed by atoms with Crippen molar-refractivity contribution in [2.45, 2.75) is 24.4 Å². The Bertz CT molecular complexity index is 1040. The smallest absolute Gasteiger partial charge is 0.230 e. The summed E-state index contributed by atoms with van der Waals surface area (Å²) in [6.07, 6.45) is 7.09.